The minimum atomic E-state index is 0.762. The molecule has 1 N–H and O–H groups in total. The van der Waals surface area contributed by atoms with Gasteiger partial charge in [-0.2, -0.15) is 5.10 Å². The van der Waals surface area contributed by atoms with E-state index in [4.69, 9.17) is 4.74 Å². The third kappa shape index (κ3) is 4.92. The predicted octanol–water partition coefficient (Wildman–Crippen LogP) is 4.93. The molecule has 0 aliphatic heterocycles. The van der Waals surface area contributed by atoms with E-state index in [0.717, 1.165) is 36.4 Å². The molecule has 0 saturated carbocycles. The molecule has 0 aliphatic rings. The Kier molecular flexibility index (Phi) is 6.01. The summed E-state index contributed by atoms with van der Waals surface area (Å²) in [5.74, 6) is 0.892. The van der Waals surface area contributed by atoms with Gasteiger partial charge in [0.15, 0.2) is 0 Å². The van der Waals surface area contributed by atoms with Gasteiger partial charge >= 0.3 is 0 Å². The standard InChI is InChI=1S/C19H24N2O/c1-4-5-11-22-19-8-6-7-17(13-19)14-20-21-18-10-9-15(2)16(3)12-18/h6-10,12-14,21H,4-5,11H2,1-3H3/b20-14+. The Balaban J connectivity index is 1.94. The van der Waals surface area contributed by atoms with Crippen LogP contribution in [-0.2, 0) is 0 Å². The largest absolute Gasteiger partial charge is 0.494 e. The van der Waals surface area contributed by atoms with Gasteiger partial charge in [0.25, 0.3) is 0 Å². The molecule has 2 aromatic carbocycles. The highest BCUT2D eigenvalue weighted by Crippen LogP contribution is 2.15. The van der Waals surface area contributed by atoms with Crippen molar-refractivity contribution >= 4 is 11.9 Å². The number of hydrazone groups is 1. The maximum atomic E-state index is 5.70. The van der Waals surface area contributed by atoms with Crippen molar-refractivity contribution in [3.63, 3.8) is 0 Å². The zero-order valence-electron chi connectivity index (χ0n) is 13.6. The average Bonchev–Trinajstić information content (AvgIpc) is 2.52. The first kappa shape index (κ1) is 16.1. The molecule has 0 saturated heterocycles. The Morgan fingerprint density at radius 1 is 1.09 bits per heavy atom. The van der Waals surface area contributed by atoms with E-state index < -0.39 is 0 Å². The van der Waals surface area contributed by atoms with Crippen LogP contribution in [0.25, 0.3) is 0 Å². The van der Waals surface area contributed by atoms with Gasteiger partial charge in [0.05, 0.1) is 18.5 Å². The molecular formula is C19H24N2O. The van der Waals surface area contributed by atoms with E-state index in [0.29, 0.717) is 0 Å². The predicted molar refractivity (Wildman–Crippen MR) is 94.0 cm³/mol. The van der Waals surface area contributed by atoms with Crippen molar-refractivity contribution in [1.29, 1.82) is 0 Å². The van der Waals surface area contributed by atoms with E-state index in [9.17, 15) is 0 Å². The van der Waals surface area contributed by atoms with Crippen molar-refractivity contribution in [3.8, 4) is 5.75 Å². The molecule has 0 radical (unpaired) electrons. The van der Waals surface area contributed by atoms with Gasteiger partial charge in [-0.25, -0.2) is 0 Å². The van der Waals surface area contributed by atoms with E-state index in [2.05, 4.69) is 43.4 Å². The number of nitrogens with zero attached hydrogens (tertiary/aromatic N) is 1. The number of aryl methyl sites for hydroxylation is 2. The monoisotopic (exact) mass is 296 g/mol. The number of rotatable bonds is 7. The number of hydrogen-bond donors (Lipinski definition) is 1. The quantitative estimate of drug-likeness (QED) is 0.446. The number of unbranched alkanes of at least 4 members (excludes halogenated alkanes) is 1. The zero-order chi connectivity index (χ0) is 15.8. The summed E-state index contributed by atoms with van der Waals surface area (Å²) < 4.78 is 5.70. The SMILES string of the molecule is CCCCOc1cccc(/C=N/Nc2ccc(C)c(C)c2)c1. The molecule has 0 amide bonds. The van der Waals surface area contributed by atoms with Crippen molar-refractivity contribution in [2.45, 2.75) is 33.6 Å². The molecule has 0 aromatic heterocycles. The number of ether oxygens (including phenoxy) is 1. The molecular weight excluding hydrogens is 272 g/mol. The first-order chi connectivity index (χ1) is 10.7. The van der Waals surface area contributed by atoms with E-state index in [-0.39, 0.29) is 0 Å². The normalized spacial score (nSPS) is 10.9. The van der Waals surface area contributed by atoms with Crippen molar-refractivity contribution in [1.82, 2.24) is 0 Å². The van der Waals surface area contributed by atoms with Gasteiger partial charge in [-0.1, -0.05) is 31.5 Å². The third-order valence-electron chi connectivity index (χ3n) is 3.54. The lowest BCUT2D eigenvalue weighted by atomic mass is 10.1. The first-order valence-corrected chi connectivity index (χ1v) is 7.78. The fourth-order valence-electron chi connectivity index (χ4n) is 2.01. The van der Waals surface area contributed by atoms with Crippen LogP contribution in [0.4, 0.5) is 5.69 Å². The maximum Gasteiger partial charge on any atom is 0.119 e. The second kappa shape index (κ2) is 8.23. The molecule has 3 nitrogen and oxygen atoms in total. The van der Waals surface area contributed by atoms with Crippen LogP contribution >= 0.6 is 0 Å². The van der Waals surface area contributed by atoms with Crippen LogP contribution in [-0.4, -0.2) is 12.8 Å². The Hall–Kier alpha value is -2.29. The van der Waals surface area contributed by atoms with Crippen LogP contribution in [0.1, 0.15) is 36.5 Å². The molecule has 116 valence electrons. The molecule has 2 aromatic rings. The summed E-state index contributed by atoms with van der Waals surface area (Å²) in [4.78, 5) is 0. The third-order valence-corrected chi connectivity index (χ3v) is 3.54. The summed E-state index contributed by atoms with van der Waals surface area (Å²) >= 11 is 0. The lowest BCUT2D eigenvalue weighted by Crippen LogP contribution is -1.97. The lowest BCUT2D eigenvalue weighted by molar-refractivity contribution is 0.309. The van der Waals surface area contributed by atoms with Gasteiger partial charge < -0.3 is 4.74 Å². The fraction of sp³-hybridized carbons (Fsp3) is 0.316. The Labute approximate surface area is 133 Å². The van der Waals surface area contributed by atoms with Gasteiger partial charge in [-0.05, 0) is 61.2 Å². The summed E-state index contributed by atoms with van der Waals surface area (Å²) in [6.45, 7) is 7.12. The topological polar surface area (TPSA) is 33.6 Å². The van der Waals surface area contributed by atoms with Gasteiger partial charge in [0.1, 0.15) is 5.75 Å². The maximum absolute atomic E-state index is 5.70. The summed E-state index contributed by atoms with van der Waals surface area (Å²) in [7, 11) is 0. The van der Waals surface area contributed by atoms with Crippen LogP contribution in [0, 0.1) is 13.8 Å². The van der Waals surface area contributed by atoms with Crippen LogP contribution in [0.15, 0.2) is 47.6 Å². The molecule has 0 bridgehead atoms. The number of anilines is 1. The van der Waals surface area contributed by atoms with E-state index in [1.165, 1.54) is 11.1 Å². The van der Waals surface area contributed by atoms with Crippen LogP contribution in [0.3, 0.4) is 0 Å². The minimum Gasteiger partial charge on any atom is -0.494 e. The van der Waals surface area contributed by atoms with E-state index in [1.54, 1.807) is 0 Å². The Morgan fingerprint density at radius 3 is 2.73 bits per heavy atom. The summed E-state index contributed by atoms with van der Waals surface area (Å²) in [6.07, 6.45) is 4.02. The molecule has 0 heterocycles. The van der Waals surface area contributed by atoms with Crippen LogP contribution < -0.4 is 10.2 Å². The highest BCUT2D eigenvalue weighted by molar-refractivity contribution is 5.80. The zero-order valence-corrected chi connectivity index (χ0v) is 13.6. The van der Waals surface area contributed by atoms with Gasteiger partial charge in [0, 0.05) is 0 Å². The Morgan fingerprint density at radius 2 is 1.95 bits per heavy atom. The summed E-state index contributed by atoms with van der Waals surface area (Å²) in [5.41, 5.74) is 7.62. The highest BCUT2D eigenvalue weighted by atomic mass is 16.5. The summed E-state index contributed by atoms with van der Waals surface area (Å²) in [6, 6.07) is 14.2. The van der Waals surface area contributed by atoms with Gasteiger partial charge in [-0.3, -0.25) is 5.43 Å². The molecule has 0 fully saturated rings. The smallest absolute Gasteiger partial charge is 0.119 e. The first-order valence-electron chi connectivity index (χ1n) is 7.78. The number of hydrogen-bond acceptors (Lipinski definition) is 3. The molecule has 0 spiro atoms. The molecule has 22 heavy (non-hydrogen) atoms. The van der Waals surface area contributed by atoms with Crippen LogP contribution in [0.5, 0.6) is 5.75 Å². The average molecular weight is 296 g/mol. The van der Waals surface area contributed by atoms with Gasteiger partial charge in [0.2, 0.25) is 0 Å². The fourth-order valence-corrected chi connectivity index (χ4v) is 2.01. The highest BCUT2D eigenvalue weighted by Gasteiger charge is 1.96. The molecule has 0 aliphatic carbocycles. The molecule has 0 unspecified atom stereocenters. The second-order valence-electron chi connectivity index (χ2n) is 5.44. The molecule has 3 heteroatoms. The van der Waals surface area contributed by atoms with Crippen molar-refractivity contribution in [2.24, 2.45) is 5.10 Å². The van der Waals surface area contributed by atoms with E-state index >= 15 is 0 Å². The number of benzene rings is 2. The lowest BCUT2D eigenvalue weighted by Gasteiger charge is -2.06. The second-order valence-corrected chi connectivity index (χ2v) is 5.44. The van der Waals surface area contributed by atoms with Crippen molar-refractivity contribution in [2.75, 3.05) is 12.0 Å². The van der Waals surface area contributed by atoms with Crippen LogP contribution in [0.2, 0.25) is 0 Å². The molecule has 0 atom stereocenters. The minimum absolute atomic E-state index is 0.762. The Bertz CT molecular complexity index is 635. The molecule has 2 rings (SSSR count). The number of nitrogens with one attached hydrogen (secondary N) is 1. The van der Waals surface area contributed by atoms with Crippen molar-refractivity contribution in [3.05, 3.63) is 59.2 Å². The summed E-state index contributed by atoms with van der Waals surface area (Å²) in [5, 5.41) is 4.29. The van der Waals surface area contributed by atoms with Gasteiger partial charge in [-0.15, -0.1) is 0 Å². The van der Waals surface area contributed by atoms with E-state index in [1.807, 2.05) is 36.5 Å². The van der Waals surface area contributed by atoms with Crippen molar-refractivity contribution < 1.29 is 4.74 Å².